The summed E-state index contributed by atoms with van der Waals surface area (Å²) >= 11 is 0. The van der Waals surface area contributed by atoms with Crippen molar-refractivity contribution in [3.8, 4) is 0 Å². The van der Waals surface area contributed by atoms with Gasteiger partial charge >= 0.3 is 0 Å². The average Bonchev–Trinajstić information content (AvgIpc) is 2.41. The maximum absolute atomic E-state index is 12.1. The Bertz CT molecular complexity index is 605. The second kappa shape index (κ2) is 6.58. The first-order valence-electron chi connectivity index (χ1n) is 7.29. The molecule has 0 saturated carbocycles. The minimum atomic E-state index is -3.34. The number of para-hydroxylation sites is 1. The summed E-state index contributed by atoms with van der Waals surface area (Å²) in [6.45, 7) is 4.63. The summed E-state index contributed by atoms with van der Waals surface area (Å²) in [5.41, 5.74) is 0.370. The van der Waals surface area contributed by atoms with Crippen molar-refractivity contribution in [1.82, 2.24) is 0 Å². The van der Waals surface area contributed by atoms with E-state index in [9.17, 15) is 13.2 Å². The highest BCUT2D eigenvalue weighted by molar-refractivity contribution is 7.90. The summed E-state index contributed by atoms with van der Waals surface area (Å²) in [5, 5.41) is 2.74. The molecule has 1 saturated heterocycles. The minimum Gasteiger partial charge on any atom is -0.327 e. The molecule has 1 aromatic carbocycles. The highest BCUT2D eigenvalue weighted by Crippen LogP contribution is 2.20. The van der Waals surface area contributed by atoms with E-state index in [1.807, 2.05) is 0 Å². The number of rotatable bonds is 4. The Hall–Kier alpha value is -1.40. The zero-order valence-electron chi connectivity index (χ0n) is 12.6. The molecule has 0 bridgehead atoms. The first kappa shape index (κ1) is 16.0. The first-order chi connectivity index (χ1) is 9.86. The minimum absolute atomic E-state index is 0.129. The number of hydrogen-bond acceptors (Lipinski definition) is 3. The quantitative estimate of drug-likeness (QED) is 0.843. The number of quaternary nitrogens is 1. The van der Waals surface area contributed by atoms with Crippen LogP contribution in [0.1, 0.15) is 19.8 Å². The van der Waals surface area contributed by atoms with Gasteiger partial charge in [-0.25, -0.2) is 8.42 Å². The van der Waals surface area contributed by atoms with Crippen molar-refractivity contribution in [2.24, 2.45) is 5.92 Å². The monoisotopic (exact) mass is 311 g/mol. The lowest BCUT2D eigenvalue weighted by atomic mass is 9.99. The van der Waals surface area contributed by atoms with Crippen molar-refractivity contribution in [3.63, 3.8) is 0 Å². The molecule has 116 valence electrons. The summed E-state index contributed by atoms with van der Waals surface area (Å²) in [6, 6.07) is 6.52. The Labute approximate surface area is 126 Å². The number of amides is 1. The Balaban J connectivity index is 2.00. The molecule has 1 heterocycles. The van der Waals surface area contributed by atoms with Crippen LogP contribution >= 0.6 is 0 Å². The maximum Gasteiger partial charge on any atom is 0.279 e. The van der Waals surface area contributed by atoms with Gasteiger partial charge in [0.25, 0.3) is 5.91 Å². The molecular weight excluding hydrogens is 288 g/mol. The maximum atomic E-state index is 12.1. The van der Waals surface area contributed by atoms with Crippen LogP contribution in [0, 0.1) is 5.92 Å². The van der Waals surface area contributed by atoms with E-state index in [0.29, 0.717) is 12.2 Å². The predicted octanol–water partition coefficient (Wildman–Crippen LogP) is 0.343. The van der Waals surface area contributed by atoms with Gasteiger partial charge in [0.2, 0.25) is 0 Å². The summed E-state index contributed by atoms with van der Waals surface area (Å²) in [5.74, 6) is 0.610. The Morgan fingerprint density at radius 3 is 2.52 bits per heavy atom. The number of carbonyl (C=O) groups is 1. The largest absolute Gasteiger partial charge is 0.327 e. The molecule has 2 rings (SSSR count). The molecular formula is C15H23N2O3S+. The molecule has 0 unspecified atom stereocenters. The number of likely N-dealkylation sites (tertiary alicyclic amines) is 1. The number of anilines is 1. The van der Waals surface area contributed by atoms with Gasteiger partial charge in [0.05, 0.1) is 23.7 Å². The highest BCUT2D eigenvalue weighted by atomic mass is 32.2. The van der Waals surface area contributed by atoms with E-state index < -0.39 is 9.84 Å². The van der Waals surface area contributed by atoms with Gasteiger partial charge in [0, 0.05) is 6.26 Å². The fourth-order valence-electron chi connectivity index (χ4n) is 2.66. The van der Waals surface area contributed by atoms with Crippen molar-refractivity contribution >= 4 is 21.4 Å². The lowest BCUT2D eigenvalue weighted by Gasteiger charge is -2.26. The van der Waals surface area contributed by atoms with E-state index in [-0.39, 0.29) is 10.8 Å². The number of sulfone groups is 1. The van der Waals surface area contributed by atoms with Gasteiger partial charge in [-0.2, -0.15) is 0 Å². The van der Waals surface area contributed by atoms with Crippen LogP contribution in [-0.2, 0) is 14.6 Å². The third kappa shape index (κ3) is 4.54. The van der Waals surface area contributed by atoms with Gasteiger partial charge in [0.1, 0.15) is 0 Å². The smallest absolute Gasteiger partial charge is 0.279 e. The normalized spacial score (nSPS) is 22.8. The zero-order valence-corrected chi connectivity index (χ0v) is 13.4. The van der Waals surface area contributed by atoms with Crippen LogP contribution in [0.3, 0.4) is 0 Å². The third-order valence-electron chi connectivity index (χ3n) is 3.95. The van der Waals surface area contributed by atoms with Crippen LogP contribution < -0.4 is 10.2 Å². The molecule has 21 heavy (non-hydrogen) atoms. The number of piperidine rings is 1. The molecule has 6 heteroatoms. The van der Waals surface area contributed by atoms with E-state index in [0.717, 1.165) is 38.1 Å². The van der Waals surface area contributed by atoms with E-state index >= 15 is 0 Å². The first-order valence-corrected chi connectivity index (χ1v) is 9.18. The average molecular weight is 311 g/mol. The van der Waals surface area contributed by atoms with E-state index in [1.54, 1.807) is 18.2 Å². The molecule has 0 radical (unpaired) electrons. The van der Waals surface area contributed by atoms with Gasteiger partial charge in [-0.15, -0.1) is 0 Å². The molecule has 0 spiro atoms. The second-order valence-electron chi connectivity index (χ2n) is 5.93. The molecule has 1 amide bonds. The van der Waals surface area contributed by atoms with Crippen LogP contribution in [0.5, 0.6) is 0 Å². The molecule has 1 aliphatic rings. The Morgan fingerprint density at radius 2 is 1.90 bits per heavy atom. The number of hydrogen-bond donors (Lipinski definition) is 2. The van der Waals surface area contributed by atoms with Crippen molar-refractivity contribution < 1.29 is 18.1 Å². The molecule has 5 nitrogen and oxygen atoms in total. The Morgan fingerprint density at radius 1 is 1.29 bits per heavy atom. The molecule has 0 aliphatic carbocycles. The molecule has 1 fully saturated rings. The fraction of sp³-hybridized carbons (Fsp3) is 0.533. The molecule has 1 aromatic rings. The predicted molar refractivity (Wildman–Crippen MR) is 82.1 cm³/mol. The van der Waals surface area contributed by atoms with Crippen molar-refractivity contribution in [2.75, 3.05) is 31.2 Å². The van der Waals surface area contributed by atoms with Crippen LogP contribution in [0.15, 0.2) is 29.2 Å². The Kier molecular flexibility index (Phi) is 5.00. The number of benzene rings is 1. The van der Waals surface area contributed by atoms with E-state index in [4.69, 9.17) is 0 Å². The molecule has 0 aromatic heterocycles. The highest BCUT2D eigenvalue weighted by Gasteiger charge is 2.22. The molecule has 2 N–H and O–H groups in total. The number of nitrogens with one attached hydrogen (secondary N) is 2. The zero-order chi connectivity index (χ0) is 15.5. The standard InChI is InChI=1S/C15H22N2O3S/c1-12-7-9-17(10-8-12)11-15(18)16-13-5-3-4-6-14(13)21(2,19)20/h3-6,12H,7-11H2,1-2H3,(H,16,18)/p+1. The van der Waals surface area contributed by atoms with Gasteiger partial charge in [-0.1, -0.05) is 19.1 Å². The van der Waals surface area contributed by atoms with Crippen molar-refractivity contribution in [2.45, 2.75) is 24.7 Å². The summed E-state index contributed by atoms with van der Waals surface area (Å²) < 4.78 is 23.4. The van der Waals surface area contributed by atoms with E-state index in [1.165, 1.54) is 11.0 Å². The van der Waals surface area contributed by atoms with Gasteiger partial charge < -0.3 is 10.2 Å². The summed E-state index contributed by atoms with van der Waals surface area (Å²) in [6.07, 6.45) is 3.43. The molecule has 1 aliphatic heterocycles. The summed E-state index contributed by atoms with van der Waals surface area (Å²) in [4.78, 5) is 13.5. The SMILES string of the molecule is CC1CC[NH+](CC(=O)Nc2ccccc2S(C)(=O)=O)CC1. The van der Waals surface area contributed by atoms with Gasteiger partial charge in [-0.3, -0.25) is 4.79 Å². The van der Waals surface area contributed by atoms with Gasteiger partial charge in [-0.05, 0) is 30.9 Å². The van der Waals surface area contributed by atoms with Crippen LogP contribution in [0.2, 0.25) is 0 Å². The summed E-state index contributed by atoms with van der Waals surface area (Å²) in [7, 11) is -3.34. The van der Waals surface area contributed by atoms with Crippen LogP contribution in [-0.4, -0.2) is 40.2 Å². The van der Waals surface area contributed by atoms with E-state index in [2.05, 4.69) is 12.2 Å². The van der Waals surface area contributed by atoms with Crippen LogP contribution in [0.25, 0.3) is 0 Å². The van der Waals surface area contributed by atoms with Crippen LogP contribution in [0.4, 0.5) is 5.69 Å². The third-order valence-corrected chi connectivity index (χ3v) is 5.11. The van der Waals surface area contributed by atoms with Gasteiger partial charge in [0.15, 0.2) is 16.4 Å². The lowest BCUT2D eigenvalue weighted by Crippen LogP contribution is -3.14. The fourth-order valence-corrected chi connectivity index (χ4v) is 3.51. The topological polar surface area (TPSA) is 67.7 Å². The molecule has 0 atom stereocenters. The van der Waals surface area contributed by atoms with Crippen molar-refractivity contribution in [3.05, 3.63) is 24.3 Å². The number of carbonyl (C=O) groups excluding carboxylic acids is 1. The second-order valence-corrected chi connectivity index (χ2v) is 7.91. The van der Waals surface area contributed by atoms with Crippen molar-refractivity contribution in [1.29, 1.82) is 0 Å². The lowest BCUT2D eigenvalue weighted by molar-refractivity contribution is -0.897.